The molecule has 0 unspecified atom stereocenters. The van der Waals surface area contributed by atoms with Crippen LogP contribution in [0.15, 0.2) is 22.9 Å². The normalized spacial score (nSPS) is 18.0. The van der Waals surface area contributed by atoms with E-state index in [9.17, 15) is 4.79 Å². The maximum Gasteiger partial charge on any atom is 0.254 e. The van der Waals surface area contributed by atoms with Gasteiger partial charge in [-0.3, -0.25) is 9.69 Å². The number of hydrogen-bond donors (Lipinski definition) is 1. The molecule has 0 saturated carbocycles. The molecule has 1 amide bonds. The second-order valence-corrected chi connectivity index (χ2v) is 7.00. The topological polar surface area (TPSA) is 45.2 Å². The fourth-order valence-electron chi connectivity index (χ4n) is 2.51. The number of nitrogens with zero attached hydrogens (tertiary/aromatic N) is 2. The number of halogens is 1. The van der Waals surface area contributed by atoms with E-state index in [-0.39, 0.29) is 17.5 Å². The lowest BCUT2D eigenvalue weighted by Gasteiger charge is -2.41. The van der Waals surface area contributed by atoms with Gasteiger partial charge in [-0.05, 0) is 61.7 Å². The second kappa shape index (κ2) is 6.22. The van der Waals surface area contributed by atoms with Crippen molar-refractivity contribution in [2.24, 2.45) is 0 Å². The number of rotatable bonds is 2. The molecule has 1 saturated heterocycles. The molecule has 2 rings (SSSR count). The molecule has 1 aliphatic rings. The van der Waals surface area contributed by atoms with Crippen LogP contribution in [-0.4, -0.2) is 40.5 Å². The molecule has 0 atom stereocenters. The van der Waals surface area contributed by atoms with Crippen LogP contribution in [0.5, 0.6) is 0 Å². The van der Waals surface area contributed by atoms with Crippen LogP contribution >= 0.6 is 15.9 Å². The molecule has 110 valence electrons. The highest BCUT2D eigenvalue weighted by atomic mass is 79.9. The lowest BCUT2D eigenvalue weighted by Crippen LogP contribution is -2.50. The van der Waals surface area contributed by atoms with Gasteiger partial charge in [-0.15, -0.1) is 0 Å². The predicted octanol–water partition coefficient (Wildman–Crippen LogP) is 2.84. The van der Waals surface area contributed by atoms with Crippen molar-refractivity contribution in [2.75, 3.05) is 13.1 Å². The van der Waals surface area contributed by atoms with E-state index < -0.39 is 0 Å². The van der Waals surface area contributed by atoms with E-state index in [0.717, 1.165) is 25.9 Å². The maximum absolute atomic E-state index is 12.2. The summed E-state index contributed by atoms with van der Waals surface area (Å²) in [6, 6.07) is 3.83. The Morgan fingerprint density at radius 3 is 2.60 bits per heavy atom. The van der Waals surface area contributed by atoms with Crippen LogP contribution in [0.2, 0.25) is 0 Å². The molecule has 20 heavy (non-hydrogen) atoms. The highest BCUT2D eigenvalue weighted by Gasteiger charge is 2.27. The molecule has 1 fully saturated rings. The Morgan fingerprint density at radius 2 is 2.05 bits per heavy atom. The molecule has 0 spiro atoms. The van der Waals surface area contributed by atoms with Crippen LogP contribution in [0.4, 0.5) is 0 Å². The van der Waals surface area contributed by atoms with Crippen molar-refractivity contribution in [3.8, 4) is 0 Å². The number of amides is 1. The Balaban J connectivity index is 1.90. The first-order valence-corrected chi connectivity index (χ1v) is 7.83. The summed E-state index contributed by atoms with van der Waals surface area (Å²) < 4.78 is 0.602. The summed E-state index contributed by atoms with van der Waals surface area (Å²) in [4.78, 5) is 18.8. The molecule has 0 aromatic carbocycles. The van der Waals surface area contributed by atoms with E-state index in [1.165, 1.54) is 0 Å². The highest BCUT2D eigenvalue weighted by Crippen LogP contribution is 2.20. The van der Waals surface area contributed by atoms with Crippen molar-refractivity contribution < 1.29 is 4.79 Å². The number of aromatic nitrogens is 1. The smallest absolute Gasteiger partial charge is 0.254 e. The largest absolute Gasteiger partial charge is 0.349 e. The minimum absolute atomic E-state index is 0.0424. The van der Waals surface area contributed by atoms with Gasteiger partial charge in [0.25, 0.3) is 5.91 Å². The monoisotopic (exact) mass is 339 g/mol. The standard InChI is InChI=1S/C15H22BrN3O/c1-15(2,3)19-9-6-11(7-10-19)18-14(20)12-5-4-8-17-13(12)16/h4-5,8,11H,6-7,9-10H2,1-3H3,(H,18,20). The predicted molar refractivity (Wildman–Crippen MR) is 83.8 cm³/mol. The van der Waals surface area contributed by atoms with Crippen molar-refractivity contribution in [2.45, 2.75) is 45.2 Å². The van der Waals surface area contributed by atoms with E-state index in [4.69, 9.17) is 0 Å². The molecule has 0 bridgehead atoms. The molecular weight excluding hydrogens is 318 g/mol. The van der Waals surface area contributed by atoms with E-state index in [0.29, 0.717) is 10.2 Å². The number of piperidine rings is 1. The van der Waals surface area contributed by atoms with Crippen LogP contribution in [0.3, 0.4) is 0 Å². The molecule has 0 aliphatic carbocycles. The summed E-state index contributed by atoms with van der Waals surface area (Å²) in [6.45, 7) is 8.77. The SMILES string of the molecule is CC(C)(C)N1CCC(NC(=O)c2cccnc2Br)CC1. The Morgan fingerprint density at radius 1 is 1.40 bits per heavy atom. The van der Waals surface area contributed by atoms with E-state index >= 15 is 0 Å². The zero-order valence-electron chi connectivity index (χ0n) is 12.3. The molecule has 2 heterocycles. The Hall–Kier alpha value is -0.940. The maximum atomic E-state index is 12.2. The molecular formula is C15H22BrN3O. The van der Waals surface area contributed by atoms with E-state index in [1.807, 2.05) is 0 Å². The third kappa shape index (κ3) is 3.79. The second-order valence-electron chi connectivity index (χ2n) is 6.25. The fraction of sp³-hybridized carbons (Fsp3) is 0.600. The van der Waals surface area contributed by atoms with Gasteiger partial charge in [0.2, 0.25) is 0 Å². The first kappa shape index (κ1) is 15.4. The highest BCUT2D eigenvalue weighted by molar-refractivity contribution is 9.10. The summed E-state index contributed by atoms with van der Waals surface area (Å²) in [6.07, 6.45) is 3.67. The van der Waals surface area contributed by atoms with Crippen molar-refractivity contribution >= 4 is 21.8 Å². The summed E-state index contributed by atoms with van der Waals surface area (Å²) in [5.41, 5.74) is 0.812. The van der Waals surface area contributed by atoms with Gasteiger partial charge in [-0.2, -0.15) is 0 Å². The number of hydrogen-bond acceptors (Lipinski definition) is 3. The van der Waals surface area contributed by atoms with Crippen LogP contribution < -0.4 is 5.32 Å². The average molecular weight is 340 g/mol. The zero-order chi connectivity index (χ0) is 14.8. The van der Waals surface area contributed by atoms with Gasteiger partial charge in [0.05, 0.1) is 5.56 Å². The lowest BCUT2D eigenvalue weighted by atomic mass is 9.98. The van der Waals surface area contributed by atoms with Crippen molar-refractivity contribution in [1.82, 2.24) is 15.2 Å². The first-order chi connectivity index (χ1) is 9.38. The van der Waals surface area contributed by atoms with Gasteiger partial charge in [0.1, 0.15) is 4.60 Å². The fourth-order valence-corrected chi connectivity index (χ4v) is 2.94. The van der Waals surface area contributed by atoms with Gasteiger partial charge in [-0.1, -0.05) is 0 Å². The zero-order valence-corrected chi connectivity index (χ0v) is 13.9. The minimum atomic E-state index is -0.0424. The van der Waals surface area contributed by atoms with Crippen LogP contribution in [-0.2, 0) is 0 Å². The van der Waals surface area contributed by atoms with Gasteiger partial charge >= 0.3 is 0 Å². The minimum Gasteiger partial charge on any atom is -0.349 e. The number of pyridine rings is 1. The van der Waals surface area contributed by atoms with Gasteiger partial charge in [0, 0.05) is 30.9 Å². The van der Waals surface area contributed by atoms with Gasteiger partial charge < -0.3 is 5.32 Å². The third-order valence-corrected chi connectivity index (χ3v) is 4.41. The lowest BCUT2D eigenvalue weighted by molar-refractivity contribution is 0.0812. The number of nitrogens with one attached hydrogen (secondary N) is 1. The van der Waals surface area contributed by atoms with Crippen molar-refractivity contribution in [3.05, 3.63) is 28.5 Å². The molecule has 1 aliphatic heterocycles. The third-order valence-electron chi connectivity index (χ3n) is 3.78. The summed E-state index contributed by atoms with van der Waals surface area (Å²) in [5, 5.41) is 3.11. The molecule has 5 heteroatoms. The summed E-state index contributed by atoms with van der Waals surface area (Å²) >= 11 is 3.32. The first-order valence-electron chi connectivity index (χ1n) is 7.04. The van der Waals surface area contributed by atoms with Crippen LogP contribution in [0.25, 0.3) is 0 Å². The molecule has 0 radical (unpaired) electrons. The van der Waals surface area contributed by atoms with Crippen molar-refractivity contribution in [3.63, 3.8) is 0 Å². The Labute approximate surface area is 129 Å². The molecule has 4 nitrogen and oxygen atoms in total. The quantitative estimate of drug-likeness (QED) is 0.842. The van der Waals surface area contributed by atoms with E-state index in [1.54, 1.807) is 18.3 Å². The molecule has 1 N–H and O–H groups in total. The van der Waals surface area contributed by atoms with Crippen molar-refractivity contribution in [1.29, 1.82) is 0 Å². The molecule has 1 aromatic heterocycles. The van der Waals surface area contributed by atoms with Crippen LogP contribution in [0.1, 0.15) is 44.0 Å². The molecule has 1 aromatic rings. The number of likely N-dealkylation sites (tertiary alicyclic amines) is 1. The van der Waals surface area contributed by atoms with E-state index in [2.05, 4.69) is 51.9 Å². The summed E-state index contributed by atoms with van der Waals surface area (Å²) in [5.74, 6) is -0.0424. The van der Waals surface area contributed by atoms with Gasteiger partial charge in [0.15, 0.2) is 0 Å². The van der Waals surface area contributed by atoms with Gasteiger partial charge in [-0.25, -0.2) is 4.98 Å². The Kier molecular flexibility index (Phi) is 4.81. The number of carbonyl (C=O) groups is 1. The number of carbonyl (C=O) groups excluding carboxylic acids is 1. The summed E-state index contributed by atoms with van der Waals surface area (Å²) in [7, 11) is 0. The van der Waals surface area contributed by atoms with Crippen LogP contribution in [0, 0.1) is 0 Å². The Bertz CT molecular complexity index is 476. The average Bonchev–Trinajstić information content (AvgIpc) is 2.38.